The summed E-state index contributed by atoms with van der Waals surface area (Å²) in [5.41, 5.74) is 7.44. The van der Waals surface area contributed by atoms with E-state index in [-0.39, 0.29) is 24.8 Å². The Hall–Kier alpha value is -1.92. The molecular formula is C15H19N3O3. The van der Waals surface area contributed by atoms with Crippen molar-refractivity contribution in [3.63, 3.8) is 0 Å². The first-order valence-corrected chi connectivity index (χ1v) is 7.14. The van der Waals surface area contributed by atoms with E-state index in [9.17, 15) is 14.7 Å². The quantitative estimate of drug-likeness (QED) is 0.672. The lowest BCUT2D eigenvalue weighted by Crippen LogP contribution is -2.48. The van der Waals surface area contributed by atoms with E-state index >= 15 is 0 Å². The zero-order valence-corrected chi connectivity index (χ0v) is 11.7. The normalized spacial score (nSPS) is 28.2. The van der Waals surface area contributed by atoms with Crippen molar-refractivity contribution in [1.29, 1.82) is 0 Å². The number of likely N-dealkylation sites (tertiary alicyclic amines) is 1. The predicted octanol–water partition coefficient (Wildman–Crippen LogP) is -0.679. The average molecular weight is 289 g/mol. The molecular weight excluding hydrogens is 270 g/mol. The molecule has 6 heteroatoms. The van der Waals surface area contributed by atoms with Crippen LogP contribution in [0.4, 0.5) is 0 Å². The van der Waals surface area contributed by atoms with Crippen molar-refractivity contribution < 1.29 is 14.7 Å². The summed E-state index contributed by atoms with van der Waals surface area (Å²) in [5.74, 6) is -1.03. The fourth-order valence-electron chi connectivity index (χ4n) is 3.24. The van der Waals surface area contributed by atoms with Crippen molar-refractivity contribution in [2.45, 2.75) is 31.0 Å². The summed E-state index contributed by atoms with van der Waals surface area (Å²) in [6.45, 7) is 1.45. The van der Waals surface area contributed by atoms with Gasteiger partial charge in [-0.15, -0.1) is 0 Å². The molecule has 3 unspecified atom stereocenters. The Morgan fingerprint density at radius 2 is 2.10 bits per heavy atom. The Bertz CT molecular complexity index is 575. The second-order valence-electron chi connectivity index (χ2n) is 5.68. The molecule has 0 aliphatic carbocycles. The predicted molar refractivity (Wildman–Crippen MR) is 76.2 cm³/mol. The van der Waals surface area contributed by atoms with Gasteiger partial charge in [0.05, 0.1) is 12.0 Å². The Morgan fingerprint density at radius 3 is 2.86 bits per heavy atom. The number of aliphatic hydroxyl groups is 1. The molecule has 3 rings (SSSR count). The fourth-order valence-corrected chi connectivity index (χ4v) is 3.24. The third kappa shape index (κ3) is 2.52. The van der Waals surface area contributed by atoms with Crippen molar-refractivity contribution in [1.82, 2.24) is 10.2 Å². The standard InChI is InChI=1S/C15H19N3O3/c16-14(20)13-5-10(19)8-18(13)15(21)12-7-17-6-9-3-1-2-4-11(9)12/h1-4,10,12-13,17,19H,5-8H2,(H2,16,20). The minimum Gasteiger partial charge on any atom is -0.391 e. The van der Waals surface area contributed by atoms with E-state index in [1.54, 1.807) is 0 Å². The van der Waals surface area contributed by atoms with Crippen molar-refractivity contribution in [2.75, 3.05) is 13.1 Å². The SMILES string of the molecule is NC(=O)C1CC(O)CN1C(=O)C1CNCc2ccccc21. The highest BCUT2D eigenvalue weighted by Gasteiger charge is 2.41. The number of fused-ring (bicyclic) bond motifs is 1. The van der Waals surface area contributed by atoms with Gasteiger partial charge in [-0.2, -0.15) is 0 Å². The number of nitrogens with zero attached hydrogens (tertiary/aromatic N) is 1. The van der Waals surface area contributed by atoms with E-state index in [0.717, 1.165) is 17.7 Å². The van der Waals surface area contributed by atoms with Gasteiger partial charge in [0.25, 0.3) is 0 Å². The maximum atomic E-state index is 12.8. The largest absolute Gasteiger partial charge is 0.391 e. The molecule has 1 saturated heterocycles. The second kappa shape index (κ2) is 5.46. The first-order chi connectivity index (χ1) is 10.1. The van der Waals surface area contributed by atoms with Crippen molar-refractivity contribution in [3.8, 4) is 0 Å². The van der Waals surface area contributed by atoms with Gasteiger partial charge in [-0.1, -0.05) is 24.3 Å². The topological polar surface area (TPSA) is 95.7 Å². The molecule has 2 amide bonds. The first-order valence-electron chi connectivity index (χ1n) is 7.14. The zero-order chi connectivity index (χ0) is 15.0. The highest BCUT2D eigenvalue weighted by atomic mass is 16.3. The molecule has 21 heavy (non-hydrogen) atoms. The van der Waals surface area contributed by atoms with E-state index in [0.29, 0.717) is 6.54 Å². The van der Waals surface area contributed by atoms with Crippen molar-refractivity contribution in [2.24, 2.45) is 5.73 Å². The molecule has 112 valence electrons. The molecule has 0 bridgehead atoms. The molecule has 3 atom stereocenters. The van der Waals surface area contributed by atoms with Crippen LogP contribution in [0.2, 0.25) is 0 Å². The van der Waals surface area contributed by atoms with Crippen LogP contribution in [0.25, 0.3) is 0 Å². The van der Waals surface area contributed by atoms with Crippen LogP contribution in [0.3, 0.4) is 0 Å². The van der Waals surface area contributed by atoms with Crippen LogP contribution >= 0.6 is 0 Å². The maximum absolute atomic E-state index is 12.8. The summed E-state index contributed by atoms with van der Waals surface area (Å²) in [5, 5.41) is 13.0. The van der Waals surface area contributed by atoms with Gasteiger partial charge < -0.3 is 21.1 Å². The van der Waals surface area contributed by atoms with Gasteiger partial charge in [0, 0.05) is 26.1 Å². The summed E-state index contributed by atoms with van der Waals surface area (Å²) in [4.78, 5) is 25.7. The number of carbonyl (C=O) groups excluding carboxylic acids is 2. The highest BCUT2D eigenvalue weighted by Crippen LogP contribution is 2.29. The number of primary amides is 1. The summed E-state index contributed by atoms with van der Waals surface area (Å²) >= 11 is 0. The maximum Gasteiger partial charge on any atom is 0.240 e. The molecule has 1 aromatic rings. The molecule has 0 spiro atoms. The molecule has 2 heterocycles. The number of benzene rings is 1. The Morgan fingerprint density at radius 1 is 1.33 bits per heavy atom. The number of carbonyl (C=O) groups is 2. The number of β-amino-alcohol motifs (C(OH)–C–C–N with tert-alkyl or cyclic N) is 1. The summed E-state index contributed by atoms with van der Waals surface area (Å²) in [6, 6.07) is 7.09. The Balaban J connectivity index is 1.87. The molecule has 1 aromatic carbocycles. The van der Waals surface area contributed by atoms with Crippen LogP contribution < -0.4 is 11.1 Å². The zero-order valence-electron chi connectivity index (χ0n) is 11.7. The number of hydrogen-bond donors (Lipinski definition) is 3. The number of nitrogens with two attached hydrogens (primary N) is 1. The second-order valence-corrected chi connectivity index (χ2v) is 5.68. The monoisotopic (exact) mass is 289 g/mol. The summed E-state index contributed by atoms with van der Waals surface area (Å²) in [7, 11) is 0. The van der Waals surface area contributed by atoms with Crippen LogP contribution in [-0.2, 0) is 16.1 Å². The van der Waals surface area contributed by atoms with Crippen LogP contribution in [0.15, 0.2) is 24.3 Å². The number of hydrogen-bond acceptors (Lipinski definition) is 4. The third-order valence-electron chi connectivity index (χ3n) is 4.28. The van der Waals surface area contributed by atoms with E-state index in [4.69, 9.17) is 5.73 Å². The van der Waals surface area contributed by atoms with Gasteiger partial charge in [0.1, 0.15) is 6.04 Å². The van der Waals surface area contributed by atoms with Gasteiger partial charge >= 0.3 is 0 Å². The molecule has 0 radical (unpaired) electrons. The minimum atomic E-state index is -0.707. The van der Waals surface area contributed by atoms with Crippen LogP contribution in [-0.4, -0.2) is 47.1 Å². The van der Waals surface area contributed by atoms with E-state index in [1.807, 2.05) is 24.3 Å². The molecule has 2 aliphatic rings. The third-order valence-corrected chi connectivity index (χ3v) is 4.28. The summed E-state index contributed by atoms with van der Waals surface area (Å²) < 4.78 is 0. The van der Waals surface area contributed by atoms with Gasteiger partial charge in [-0.05, 0) is 11.1 Å². The first kappa shape index (κ1) is 14.0. The Labute approximate surface area is 122 Å². The minimum absolute atomic E-state index is 0.144. The van der Waals surface area contributed by atoms with Gasteiger partial charge in [0.2, 0.25) is 11.8 Å². The van der Waals surface area contributed by atoms with Crippen molar-refractivity contribution >= 4 is 11.8 Å². The van der Waals surface area contributed by atoms with Gasteiger partial charge in [-0.3, -0.25) is 9.59 Å². The van der Waals surface area contributed by atoms with Crippen molar-refractivity contribution in [3.05, 3.63) is 35.4 Å². The molecule has 0 aromatic heterocycles. The molecule has 2 aliphatic heterocycles. The summed E-state index contributed by atoms with van der Waals surface area (Å²) in [6.07, 6.45) is -0.457. The lowest BCUT2D eigenvalue weighted by molar-refractivity contribution is -0.138. The average Bonchev–Trinajstić information content (AvgIpc) is 2.88. The van der Waals surface area contributed by atoms with Gasteiger partial charge in [0.15, 0.2) is 0 Å². The molecule has 1 fully saturated rings. The van der Waals surface area contributed by atoms with Crippen LogP contribution in [0, 0.1) is 0 Å². The Kier molecular flexibility index (Phi) is 3.65. The molecule has 4 N–H and O–H groups in total. The lowest BCUT2D eigenvalue weighted by Gasteiger charge is -2.31. The fraction of sp³-hybridized carbons (Fsp3) is 0.467. The van der Waals surface area contributed by atoms with E-state index in [1.165, 1.54) is 4.90 Å². The number of rotatable bonds is 2. The smallest absolute Gasteiger partial charge is 0.240 e. The number of amides is 2. The molecule has 6 nitrogen and oxygen atoms in total. The van der Waals surface area contributed by atoms with Gasteiger partial charge in [-0.25, -0.2) is 0 Å². The van der Waals surface area contributed by atoms with E-state index in [2.05, 4.69) is 5.32 Å². The number of aliphatic hydroxyl groups excluding tert-OH is 1. The van der Waals surface area contributed by atoms with E-state index < -0.39 is 18.1 Å². The lowest BCUT2D eigenvalue weighted by atomic mass is 9.89. The van der Waals surface area contributed by atoms with Crippen LogP contribution in [0.1, 0.15) is 23.5 Å². The molecule has 0 saturated carbocycles. The highest BCUT2D eigenvalue weighted by molar-refractivity contribution is 5.91. The number of nitrogens with one attached hydrogen (secondary N) is 1. The van der Waals surface area contributed by atoms with Crippen LogP contribution in [0.5, 0.6) is 0 Å².